The normalized spacial score (nSPS) is 37.7. The largest absolute Gasteiger partial charge is 0.388 e. The molecule has 98 valence electrons. The minimum Gasteiger partial charge on any atom is -0.388 e. The predicted molar refractivity (Wildman–Crippen MR) is 66.7 cm³/mol. The van der Waals surface area contributed by atoms with Crippen LogP contribution in [0.3, 0.4) is 0 Å². The summed E-state index contributed by atoms with van der Waals surface area (Å²) in [6.07, 6.45) is 4.64. The molecular weight excluding hydrogens is 216 g/mol. The summed E-state index contributed by atoms with van der Waals surface area (Å²) in [5, 5.41) is 13.4. The van der Waals surface area contributed by atoms with Gasteiger partial charge in [0.15, 0.2) is 0 Å². The average Bonchev–Trinajstić information content (AvgIpc) is 2.85. The Hall–Kier alpha value is -0.610. The van der Waals surface area contributed by atoms with E-state index >= 15 is 0 Å². The molecule has 2 N–H and O–H groups in total. The Kier molecular flexibility index (Phi) is 3.46. The Balaban J connectivity index is 2.07. The van der Waals surface area contributed by atoms with E-state index in [1.54, 1.807) is 0 Å². The summed E-state index contributed by atoms with van der Waals surface area (Å²) in [5.41, 5.74) is -1.03. The number of hydrogen-bond acceptors (Lipinski definition) is 3. The zero-order valence-electron chi connectivity index (χ0n) is 11.0. The van der Waals surface area contributed by atoms with Crippen LogP contribution in [-0.2, 0) is 4.79 Å². The second kappa shape index (κ2) is 4.58. The lowest BCUT2D eigenvalue weighted by atomic mass is 9.90. The lowest BCUT2D eigenvalue weighted by molar-refractivity contribution is -0.138. The molecule has 0 bridgehead atoms. The zero-order valence-corrected chi connectivity index (χ0v) is 11.0. The van der Waals surface area contributed by atoms with Crippen LogP contribution < -0.4 is 5.32 Å². The van der Waals surface area contributed by atoms with Crippen molar-refractivity contribution in [3.05, 3.63) is 0 Å². The summed E-state index contributed by atoms with van der Waals surface area (Å²) in [4.78, 5) is 14.4. The van der Waals surface area contributed by atoms with E-state index in [1.807, 2.05) is 11.8 Å². The van der Waals surface area contributed by atoms with E-state index in [0.29, 0.717) is 19.5 Å². The maximum Gasteiger partial charge on any atom is 0.242 e. The number of carbonyl (C=O) groups excluding carboxylic acids is 1. The molecule has 0 aromatic rings. The van der Waals surface area contributed by atoms with Gasteiger partial charge in [-0.3, -0.25) is 4.79 Å². The number of likely N-dealkylation sites (tertiary alicyclic amines) is 1. The molecule has 0 saturated carbocycles. The maximum atomic E-state index is 12.6. The summed E-state index contributed by atoms with van der Waals surface area (Å²) >= 11 is 0. The Labute approximate surface area is 103 Å². The van der Waals surface area contributed by atoms with Gasteiger partial charge in [0.05, 0.1) is 11.1 Å². The molecule has 2 saturated heterocycles. The van der Waals surface area contributed by atoms with Crippen LogP contribution in [0.15, 0.2) is 0 Å². The van der Waals surface area contributed by atoms with Gasteiger partial charge in [0.2, 0.25) is 5.91 Å². The predicted octanol–water partition coefficient (Wildman–Crippen LogP) is 0.892. The second-order valence-corrected chi connectivity index (χ2v) is 5.84. The lowest BCUT2D eigenvalue weighted by Gasteiger charge is -2.33. The van der Waals surface area contributed by atoms with Crippen LogP contribution in [0.2, 0.25) is 0 Å². The van der Waals surface area contributed by atoms with Crippen LogP contribution >= 0.6 is 0 Å². The number of carbonyl (C=O) groups is 1. The third kappa shape index (κ3) is 2.47. The fraction of sp³-hybridized carbons (Fsp3) is 0.923. The first kappa shape index (κ1) is 12.8. The Morgan fingerprint density at radius 3 is 2.71 bits per heavy atom. The van der Waals surface area contributed by atoms with Gasteiger partial charge in [-0.2, -0.15) is 0 Å². The Morgan fingerprint density at radius 1 is 1.47 bits per heavy atom. The standard InChI is InChI=1S/C13H24N2O2/c1-3-5-13(6-4-8-14-13)11(16)15-9-7-12(2,17)10-15/h14,17H,3-10H2,1-2H3. The molecule has 4 nitrogen and oxygen atoms in total. The highest BCUT2D eigenvalue weighted by Gasteiger charge is 2.45. The van der Waals surface area contributed by atoms with Gasteiger partial charge in [-0.1, -0.05) is 13.3 Å². The van der Waals surface area contributed by atoms with Crippen molar-refractivity contribution in [3.8, 4) is 0 Å². The topological polar surface area (TPSA) is 52.6 Å². The molecule has 17 heavy (non-hydrogen) atoms. The summed E-state index contributed by atoms with van der Waals surface area (Å²) in [6.45, 7) is 6.05. The van der Waals surface area contributed by atoms with Crippen molar-refractivity contribution < 1.29 is 9.90 Å². The van der Waals surface area contributed by atoms with Crippen LogP contribution in [0.5, 0.6) is 0 Å². The SMILES string of the molecule is CCCC1(C(=O)N2CCC(C)(O)C2)CCCN1. The number of aliphatic hydroxyl groups is 1. The first-order valence-electron chi connectivity index (χ1n) is 6.76. The van der Waals surface area contributed by atoms with Crippen LogP contribution in [-0.4, -0.2) is 46.7 Å². The Bertz CT molecular complexity index is 296. The average molecular weight is 240 g/mol. The molecule has 2 unspecified atom stereocenters. The fourth-order valence-electron chi connectivity index (χ4n) is 3.16. The van der Waals surface area contributed by atoms with Crippen molar-refractivity contribution in [2.75, 3.05) is 19.6 Å². The third-order valence-corrected chi connectivity index (χ3v) is 4.07. The van der Waals surface area contributed by atoms with Gasteiger partial charge in [0.1, 0.15) is 0 Å². The highest BCUT2D eigenvalue weighted by Crippen LogP contribution is 2.30. The van der Waals surface area contributed by atoms with E-state index in [9.17, 15) is 9.90 Å². The molecule has 2 aliphatic heterocycles. The quantitative estimate of drug-likeness (QED) is 0.770. The monoisotopic (exact) mass is 240 g/mol. The number of β-amino-alcohol motifs (C(OH)–C–C–N with tert-alkyl or cyclic N) is 1. The van der Waals surface area contributed by atoms with Gasteiger partial charge in [-0.05, 0) is 39.2 Å². The van der Waals surface area contributed by atoms with Crippen LogP contribution in [0.25, 0.3) is 0 Å². The first-order chi connectivity index (χ1) is 7.99. The number of rotatable bonds is 3. The van der Waals surface area contributed by atoms with Crippen molar-refractivity contribution in [2.24, 2.45) is 0 Å². The molecule has 2 atom stereocenters. The van der Waals surface area contributed by atoms with Crippen molar-refractivity contribution in [3.63, 3.8) is 0 Å². The van der Waals surface area contributed by atoms with Crippen LogP contribution in [0.1, 0.15) is 46.0 Å². The highest BCUT2D eigenvalue weighted by atomic mass is 16.3. The summed E-state index contributed by atoms with van der Waals surface area (Å²) in [6, 6.07) is 0. The van der Waals surface area contributed by atoms with Gasteiger partial charge in [0, 0.05) is 13.1 Å². The van der Waals surface area contributed by atoms with Gasteiger partial charge in [-0.15, -0.1) is 0 Å². The van der Waals surface area contributed by atoms with E-state index in [1.165, 1.54) is 0 Å². The van der Waals surface area contributed by atoms with Gasteiger partial charge in [-0.25, -0.2) is 0 Å². The van der Waals surface area contributed by atoms with Crippen molar-refractivity contribution >= 4 is 5.91 Å². The van der Waals surface area contributed by atoms with Gasteiger partial charge >= 0.3 is 0 Å². The van der Waals surface area contributed by atoms with E-state index < -0.39 is 5.60 Å². The molecule has 0 aliphatic carbocycles. The molecule has 1 amide bonds. The summed E-state index contributed by atoms with van der Waals surface area (Å²) in [5.74, 6) is 0.203. The minimum absolute atomic E-state index is 0.203. The summed E-state index contributed by atoms with van der Waals surface area (Å²) in [7, 11) is 0. The maximum absolute atomic E-state index is 12.6. The zero-order chi connectivity index (χ0) is 12.5. The molecule has 0 aromatic heterocycles. The van der Waals surface area contributed by atoms with Crippen molar-refractivity contribution in [1.29, 1.82) is 0 Å². The van der Waals surface area contributed by atoms with Crippen LogP contribution in [0.4, 0.5) is 0 Å². The van der Waals surface area contributed by atoms with Gasteiger partial charge < -0.3 is 15.3 Å². The number of nitrogens with zero attached hydrogens (tertiary/aromatic N) is 1. The molecule has 0 spiro atoms. The molecule has 0 radical (unpaired) electrons. The van der Waals surface area contributed by atoms with E-state index in [4.69, 9.17) is 0 Å². The Morgan fingerprint density at radius 2 is 2.24 bits per heavy atom. The highest BCUT2D eigenvalue weighted by molar-refractivity contribution is 5.87. The van der Waals surface area contributed by atoms with E-state index in [0.717, 1.165) is 32.2 Å². The van der Waals surface area contributed by atoms with E-state index in [2.05, 4.69) is 12.2 Å². The number of nitrogens with one attached hydrogen (secondary N) is 1. The second-order valence-electron chi connectivity index (χ2n) is 5.84. The first-order valence-corrected chi connectivity index (χ1v) is 6.76. The van der Waals surface area contributed by atoms with Gasteiger partial charge in [0.25, 0.3) is 0 Å². The minimum atomic E-state index is -0.693. The molecule has 2 rings (SSSR count). The lowest BCUT2D eigenvalue weighted by Crippen LogP contribution is -2.54. The molecule has 2 heterocycles. The third-order valence-electron chi connectivity index (χ3n) is 4.07. The van der Waals surface area contributed by atoms with E-state index in [-0.39, 0.29) is 11.4 Å². The molecule has 2 fully saturated rings. The van der Waals surface area contributed by atoms with Crippen molar-refractivity contribution in [2.45, 2.75) is 57.1 Å². The van der Waals surface area contributed by atoms with Crippen molar-refractivity contribution in [1.82, 2.24) is 10.2 Å². The molecular formula is C13H24N2O2. The molecule has 0 aromatic carbocycles. The smallest absolute Gasteiger partial charge is 0.242 e. The number of amides is 1. The fourth-order valence-corrected chi connectivity index (χ4v) is 3.16. The molecule has 2 aliphatic rings. The molecule has 4 heteroatoms. The number of hydrogen-bond donors (Lipinski definition) is 2. The van der Waals surface area contributed by atoms with Crippen LogP contribution in [0, 0.1) is 0 Å². The summed E-state index contributed by atoms with van der Waals surface area (Å²) < 4.78 is 0.